The Kier molecular flexibility index (Phi) is 5.39. The van der Waals surface area contributed by atoms with Gasteiger partial charge in [-0.05, 0) is 57.2 Å². The topological polar surface area (TPSA) is 67.7 Å². The summed E-state index contributed by atoms with van der Waals surface area (Å²) >= 11 is 0. The van der Waals surface area contributed by atoms with E-state index in [0.717, 1.165) is 0 Å². The van der Waals surface area contributed by atoms with Crippen LogP contribution in [0.1, 0.15) is 20.8 Å². The summed E-state index contributed by atoms with van der Waals surface area (Å²) in [5, 5.41) is 0.489. The van der Waals surface area contributed by atoms with Gasteiger partial charge in [0.05, 0.1) is 16.6 Å². The number of piperazine rings is 1. The van der Waals surface area contributed by atoms with Crippen molar-refractivity contribution in [2.45, 2.75) is 26.4 Å². The van der Waals surface area contributed by atoms with E-state index in [0.29, 0.717) is 48.7 Å². The molecular weight excluding hydrogens is 399 g/mol. The van der Waals surface area contributed by atoms with E-state index < -0.39 is 5.60 Å². The molecule has 0 aliphatic carbocycles. The highest BCUT2D eigenvalue weighted by Crippen LogP contribution is 2.22. The van der Waals surface area contributed by atoms with E-state index >= 15 is 0 Å². The fraction of sp³-hybridized carbons (Fsp3) is 0.348. The van der Waals surface area contributed by atoms with Gasteiger partial charge in [0.25, 0.3) is 5.56 Å². The van der Waals surface area contributed by atoms with Crippen molar-refractivity contribution in [2.24, 2.45) is 0 Å². The second kappa shape index (κ2) is 8.02. The second-order valence-corrected chi connectivity index (χ2v) is 8.50. The molecule has 0 radical (unpaired) electrons. The molecular formula is C23H25FN4O3. The van der Waals surface area contributed by atoms with Crippen molar-refractivity contribution in [2.75, 3.05) is 31.1 Å². The van der Waals surface area contributed by atoms with Crippen molar-refractivity contribution in [3.8, 4) is 5.69 Å². The summed E-state index contributed by atoms with van der Waals surface area (Å²) < 4.78 is 20.5. The van der Waals surface area contributed by atoms with Crippen LogP contribution in [0.5, 0.6) is 0 Å². The zero-order valence-corrected chi connectivity index (χ0v) is 17.8. The lowest BCUT2D eigenvalue weighted by molar-refractivity contribution is 0.0240. The molecule has 8 heteroatoms. The highest BCUT2D eigenvalue weighted by Gasteiger charge is 2.28. The van der Waals surface area contributed by atoms with E-state index in [1.54, 1.807) is 35.2 Å². The Morgan fingerprint density at radius 3 is 2.29 bits per heavy atom. The molecule has 0 spiro atoms. The van der Waals surface area contributed by atoms with Crippen molar-refractivity contribution in [1.29, 1.82) is 0 Å². The predicted octanol–water partition coefficient (Wildman–Crippen LogP) is 3.58. The van der Waals surface area contributed by atoms with Crippen LogP contribution >= 0.6 is 0 Å². The molecule has 1 fully saturated rings. The normalized spacial score (nSPS) is 14.7. The van der Waals surface area contributed by atoms with Crippen molar-refractivity contribution in [3.63, 3.8) is 0 Å². The van der Waals surface area contributed by atoms with Crippen LogP contribution in [0.4, 0.5) is 15.1 Å². The quantitative estimate of drug-likeness (QED) is 0.629. The van der Waals surface area contributed by atoms with Crippen molar-refractivity contribution >= 4 is 22.9 Å². The number of nitrogens with zero attached hydrogens (tertiary/aromatic N) is 4. The van der Waals surface area contributed by atoms with Gasteiger partial charge in [0.1, 0.15) is 11.4 Å². The molecule has 0 atom stereocenters. The third-order valence-corrected chi connectivity index (χ3v) is 5.06. The lowest BCUT2D eigenvalue weighted by Crippen LogP contribution is -2.51. The van der Waals surface area contributed by atoms with Gasteiger partial charge in [0, 0.05) is 26.2 Å². The van der Waals surface area contributed by atoms with Gasteiger partial charge < -0.3 is 14.5 Å². The predicted molar refractivity (Wildman–Crippen MR) is 117 cm³/mol. The van der Waals surface area contributed by atoms with Gasteiger partial charge in [-0.1, -0.05) is 12.1 Å². The number of halogens is 1. The number of anilines is 1. The molecule has 1 aliphatic rings. The van der Waals surface area contributed by atoms with Crippen LogP contribution in [0.15, 0.2) is 53.3 Å². The Balaban J connectivity index is 1.69. The number of carbonyl (C=O) groups is 1. The van der Waals surface area contributed by atoms with E-state index in [9.17, 15) is 14.0 Å². The maximum absolute atomic E-state index is 13.5. The summed E-state index contributed by atoms with van der Waals surface area (Å²) in [6, 6.07) is 12.9. The summed E-state index contributed by atoms with van der Waals surface area (Å²) in [5.74, 6) is 0.0946. The summed E-state index contributed by atoms with van der Waals surface area (Å²) in [7, 11) is 0. The third kappa shape index (κ3) is 4.38. The highest BCUT2D eigenvalue weighted by molar-refractivity contribution is 5.79. The number of ether oxygens (including phenoxy) is 1. The van der Waals surface area contributed by atoms with Crippen molar-refractivity contribution < 1.29 is 13.9 Å². The number of benzene rings is 2. The molecule has 7 nitrogen and oxygen atoms in total. The van der Waals surface area contributed by atoms with E-state index in [2.05, 4.69) is 0 Å². The fourth-order valence-electron chi connectivity index (χ4n) is 3.57. The molecule has 2 aromatic carbocycles. The van der Waals surface area contributed by atoms with E-state index in [4.69, 9.17) is 9.72 Å². The van der Waals surface area contributed by atoms with Gasteiger partial charge in [0.15, 0.2) is 0 Å². The minimum absolute atomic E-state index is 0.221. The average Bonchev–Trinajstić information content (AvgIpc) is 2.73. The fourth-order valence-corrected chi connectivity index (χ4v) is 3.57. The third-order valence-electron chi connectivity index (χ3n) is 5.06. The summed E-state index contributed by atoms with van der Waals surface area (Å²) in [5.41, 5.74) is 0.350. The number of aromatic nitrogens is 2. The first kappa shape index (κ1) is 20.8. The van der Waals surface area contributed by atoms with Gasteiger partial charge in [-0.15, -0.1) is 0 Å². The van der Waals surface area contributed by atoms with Gasteiger partial charge >= 0.3 is 6.09 Å². The average molecular weight is 424 g/mol. The number of hydrogen-bond donors (Lipinski definition) is 0. The zero-order chi connectivity index (χ0) is 22.2. The Bertz CT molecular complexity index is 1160. The molecule has 0 bridgehead atoms. The maximum atomic E-state index is 13.5. The van der Waals surface area contributed by atoms with Crippen LogP contribution in [0.3, 0.4) is 0 Å². The molecule has 1 saturated heterocycles. The van der Waals surface area contributed by atoms with Crippen LogP contribution in [0.25, 0.3) is 16.6 Å². The number of hydrogen-bond acceptors (Lipinski definition) is 5. The first-order chi connectivity index (χ1) is 14.7. The van der Waals surface area contributed by atoms with E-state index in [1.807, 2.05) is 31.7 Å². The summed E-state index contributed by atoms with van der Waals surface area (Å²) in [6.07, 6.45) is -0.352. The lowest BCUT2D eigenvalue weighted by Gasteiger charge is -2.36. The summed E-state index contributed by atoms with van der Waals surface area (Å²) in [6.45, 7) is 7.38. The summed E-state index contributed by atoms with van der Waals surface area (Å²) in [4.78, 5) is 34.1. The molecule has 0 unspecified atom stereocenters. The molecule has 1 aromatic heterocycles. The standard InChI is InChI=1S/C23H25FN4O3/c1-23(2,3)31-22(30)27-14-12-26(13-15-27)21-25-19-7-5-4-6-18(19)20(29)28(21)17-10-8-16(24)9-11-17/h4-11H,12-15H2,1-3H3. The van der Waals surface area contributed by atoms with Crippen LogP contribution in [0.2, 0.25) is 0 Å². The first-order valence-corrected chi connectivity index (χ1v) is 10.2. The molecule has 4 rings (SSSR count). The van der Waals surface area contributed by atoms with Gasteiger partial charge in [0.2, 0.25) is 5.95 Å². The molecule has 2 heterocycles. The molecule has 0 N–H and O–H groups in total. The van der Waals surface area contributed by atoms with Crippen LogP contribution in [0, 0.1) is 5.82 Å². The lowest BCUT2D eigenvalue weighted by atomic mass is 10.2. The molecule has 1 amide bonds. The molecule has 0 saturated carbocycles. The smallest absolute Gasteiger partial charge is 0.410 e. The van der Waals surface area contributed by atoms with Crippen molar-refractivity contribution in [3.05, 3.63) is 64.7 Å². The van der Waals surface area contributed by atoms with Crippen LogP contribution < -0.4 is 10.5 Å². The first-order valence-electron chi connectivity index (χ1n) is 10.2. The largest absolute Gasteiger partial charge is 0.444 e. The number of carbonyl (C=O) groups excluding carboxylic acids is 1. The Morgan fingerprint density at radius 1 is 1.00 bits per heavy atom. The maximum Gasteiger partial charge on any atom is 0.410 e. The minimum atomic E-state index is -0.558. The monoisotopic (exact) mass is 424 g/mol. The van der Waals surface area contributed by atoms with Gasteiger partial charge in [-0.3, -0.25) is 4.79 Å². The van der Waals surface area contributed by atoms with Gasteiger partial charge in [-0.25, -0.2) is 18.7 Å². The van der Waals surface area contributed by atoms with Crippen LogP contribution in [-0.4, -0.2) is 52.3 Å². The Hall–Kier alpha value is -3.42. The molecule has 3 aromatic rings. The highest BCUT2D eigenvalue weighted by atomic mass is 19.1. The minimum Gasteiger partial charge on any atom is -0.444 e. The zero-order valence-electron chi connectivity index (χ0n) is 17.8. The van der Waals surface area contributed by atoms with Crippen molar-refractivity contribution in [1.82, 2.24) is 14.5 Å². The number of para-hydroxylation sites is 1. The van der Waals surface area contributed by atoms with E-state index in [-0.39, 0.29) is 17.5 Å². The Labute approximate surface area is 179 Å². The number of amides is 1. The molecule has 162 valence electrons. The second-order valence-electron chi connectivity index (χ2n) is 8.50. The van der Waals surface area contributed by atoms with Crippen LogP contribution in [-0.2, 0) is 4.74 Å². The molecule has 1 aliphatic heterocycles. The van der Waals surface area contributed by atoms with E-state index in [1.165, 1.54) is 16.7 Å². The van der Waals surface area contributed by atoms with Gasteiger partial charge in [-0.2, -0.15) is 0 Å². The Morgan fingerprint density at radius 2 is 1.65 bits per heavy atom. The molecule has 31 heavy (non-hydrogen) atoms. The number of rotatable bonds is 2. The number of fused-ring (bicyclic) bond motifs is 1. The SMILES string of the molecule is CC(C)(C)OC(=O)N1CCN(c2nc3ccccc3c(=O)n2-c2ccc(F)cc2)CC1.